The van der Waals surface area contributed by atoms with Crippen LogP contribution in [0.5, 0.6) is 0 Å². The SMILES string of the molecule is Cc1ccc(NS(=O)(=O)c2cc(C(=O)OC(C)C(=O)Nc3ccccc3F)ccc2C)cc1. The minimum atomic E-state index is -3.98. The van der Waals surface area contributed by atoms with Gasteiger partial charge in [0, 0.05) is 5.69 Å². The lowest BCUT2D eigenvalue weighted by Crippen LogP contribution is -2.30. The van der Waals surface area contributed by atoms with E-state index in [0.29, 0.717) is 11.3 Å². The van der Waals surface area contributed by atoms with Crippen LogP contribution in [-0.4, -0.2) is 26.4 Å². The van der Waals surface area contributed by atoms with Gasteiger partial charge in [0.2, 0.25) is 0 Å². The van der Waals surface area contributed by atoms with Crippen molar-refractivity contribution in [3.8, 4) is 0 Å². The first-order valence-electron chi connectivity index (χ1n) is 10.0. The molecule has 1 amide bonds. The number of ether oxygens (including phenoxy) is 1. The van der Waals surface area contributed by atoms with E-state index in [1.54, 1.807) is 37.3 Å². The topological polar surface area (TPSA) is 102 Å². The number of halogens is 1. The fourth-order valence-electron chi connectivity index (χ4n) is 2.93. The van der Waals surface area contributed by atoms with Crippen LogP contribution in [0.15, 0.2) is 71.6 Å². The van der Waals surface area contributed by atoms with E-state index in [1.165, 1.54) is 43.3 Å². The third-order valence-corrected chi connectivity index (χ3v) is 6.33. The summed E-state index contributed by atoms with van der Waals surface area (Å²) in [5, 5.41) is 2.35. The van der Waals surface area contributed by atoms with Crippen molar-refractivity contribution >= 4 is 33.3 Å². The normalized spacial score (nSPS) is 12.0. The number of hydrogen-bond donors (Lipinski definition) is 2. The molecule has 1 unspecified atom stereocenters. The van der Waals surface area contributed by atoms with Crippen molar-refractivity contribution in [1.29, 1.82) is 0 Å². The zero-order valence-electron chi connectivity index (χ0n) is 18.3. The maximum atomic E-state index is 13.7. The maximum Gasteiger partial charge on any atom is 0.338 e. The number of carbonyl (C=O) groups is 2. The molecule has 33 heavy (non-hydrogen) atoms. The Balaban J connectivity index is 1.75. The fraction of sp³-hybridized carbons (Fsp3) is 0.167. The van der Waals surface area contributed by atoms with E-state index in [2.05, 4.69) is 10.0 Å². The van der Waals surface area contributed by atoms with E-state index >= 15 is 0 Å². The molecular formula is C24H23FN2O5S. The predicted octanol–water partition coefficient (Wildman–Crippen LogP) is 4.43. The second-order valence-corrected chi connectivity index (χ2v) is 9.12. The average Bonchev–Trinajstić information content (AvgIpc) is 2.76. The molecule has 0 bridgehead atoms. The molecular weight excluding hydrogens is 447 g/mol. The molecule has 0 heterocycles. The Morgan fingerprint density at radius 2 is 1.64 bits per heavy atom. The lowest BCUT2D eigenvalue weighted by atomic mass is 10.1. The Labute approximate surface area is 191 Å². The Bertz CT molecular complexity index is 1290. The molecule has 0 saturated carbocycles. The van der Waals surface area contributed by atoms with Gasteiger partial charge >= 0.3 is 5.97 Å². The minimum absolute atomic E-state index is 0.0451. The number of rotatable bonds is 7. The molecule has 0 aliphatic rings. The number of aryl methyl sites for hydroxylation is 2. The van der Waals surface area contributed by atoms with Gasteiger partial charge in [0.25, 0.3) is 15.9 Å². The highest BCUT2D eigenvalue weighted by molar-refractivity contribution is 7.92. The van der Waals surface area contributed by atoms with Crippen molar-refractivity contribution in [3.05, 3.63) is 89.2 Å². The molecule has 1 atom stereocenters. The zero-order valence-corrected chi connectivity index (χ0v) is 19.1. The number of amides is 1. The van der Waals surface area contributed by atoms with E-state index in [1.807, 2.05) is 6.92 Å². The number of sulfonamides is 1. The summed E-state index contributed by atoms with van der Waals surface area (Å²) in [5.74, 6) is -2.24. The number of para-hydroxylation sites is 1. The largest absolute Gasteiger partial charge is 0.449 e. The van der Waals surface area contributed by atoms with Gasteiger partial charge in [0.15, 0.2) is 6.10 Å². The summed E-state index contributed by atoms with van der Waals surface area (Å²) in [6.45, 7) is 4.82. The summed E-state index contributed by atoms with van der Waals surface area (Å²) in [5.41, 5.74) is 1.70. The fourth-order valence-corrected chi connectivity index (χ4v) is 4.26. The van der Waals surface area contributed by atoms with Gasteiger partial charge < -0.3 is 10.1 Å². The molecule has 172 valence electrons. The van der Waals surface area contributed by atoms with Crippen molar-refractivity contribution in [3.63, 3.8) is 0 Å². The molecule has 0 aliphatic carbocycles. The molecule has 0 aliphatic heterocycles. The lowest BCUT2D eigenvalue weighted by Gasteiger charge is -2.15. The molecule has 2 N–H and O–H groups in total. The first-order valence-corrected chi connectivity index (χ1v) is 11.5. The van der Waals surface area contributed by atoms with Gasteiger partial charge in [-0.25, -0.2) is 17.6 Å². The first kappa shape index (κ1) is 23.9. The van der Waals surface area contributed by atoms with Gasteiger partial charge in [-0.3, -0.25) is 9.52 Å². The summed E-state index contributed by atoms with van der Waals surface area (Å²) in [4.78, 5) is 24.8. The van der Waals surface area contributed by atoms with Gasteiger partial charge in [-0.15, -0.1) is 0 Å². The number of hydrogen-bond acceptors (Lipinski definition) is 5. The number of nitrogens with one attached hydrogen (secondary N) is 2. The monoisotopic (exact) mass is 470 g/mol. The Kier molecular flexibility index (Phi) is 7.13. The molecule has 3 aromatic rings. The smallest absolute Gasteiger partial charge is 0.338 e. The van der Waals surface area contributed by atoms with Crippen LogP contribution in [0.1, 0.15) is 28.4 Å². The maximum absolute atomic E-state index is 13.7. The summed E-state index contributed by atoms with van der Waals surface area (Å²) < 4.78 is 47.1. The van der Waals surface area contributed by atoms with Gasteiger partial charge in [-0.2, -0.15) is 0 Å². The third-order valence-electron chi connectivity index (χ3n) is 4.80. The van der Waals surface area contributed by atoms with Gasteiger partial charge in [0.05, 0.1) is 16.1 Å². The highest BCUT2D eigenvalue weighted by Gasteiger charge is 2.23. The second kappa shape index (κ2) is 9.83. The first-order chi connectivity index (χ1) is 15.6. The summed E-state index contributed by atoms with van der Waals surface area (Å²) in [6.07, 6.45) is -1.25. The standard InChI is InChI=1S/C24H23FN2O5S/c1-15-8-12-19(13-9-15)27-33(30,31)22-14-18(11-10-16(22)2)24(29)32-17(3)23(28)26-21-7-5-4-6-20(21)25/h4-14,17,27H,1-3H3,(H,26,28). The second-order valence-electron chi connectivity index (χ2n) is 7.47. The zero-order chi connectivity index (χ0) is 24.2. The van der Waals surface area contributed by atoms with Crippen molar-refractivity contribution in [1.82, 2.24) is 0 Å². The molecule has 0 fully saturated rings. The minimum Gasteiger partial charge on any atom is -0.449 e. The van der Waals surface area contributed by atoms with Crippen LogP contribution in [0, 0.1) is 19.7 Å². The molecule has 9 heteroatoms. The van der Waals surface area contributed by atoms with Crippen molar-refractivity contribution in [2.75, 3.05) is 10.0 Å². The molecule has 0 spiro atoms. The van der Waals surface area contributed by atoms with Crippen LogP contribution >= 0.6 is 0 Å². The predicted molar refractivity (Wildman–Crippen MR) is 123 cm³/mol. The van der Waals surface area contributed by atoms with Gasteiger partial charge in [-0.1, -0.05) is 35.9 Å². The molecule has 0 saturated heterocycles. The number of carbonyl (C=O) groups excluding carboxylic acids is 2. The van der Waals surface area contributed by atoms with E-state index in [4.69, 9.17) is 4.74 Å². The van der Waals surface area contributed by atoms with E-state index in [0.717, 1.165) is 5.56 Å². The third kappa shape index (κ3) is 5.95. The van der Waals surface area contributed by atoms with Crippen LogP contribution in [0.2, 0.25) is 0 Å². The molecule has 0 aromatic heterocycles. The highest BCUT2D eigenvalue weighted by atomic mass is 32.2. The summed E-state index contributed by atoms with van der Waals surface area (Å²) in [6, 6.07) is 16.5. The van der Waals surface area contributed by atoms with Crippen LogP contribution < -0.4 is 10.0 Å². The lowest BCUT2D eigenvalue weighted by molar-refractivity contribution is -0.123. The van der Waals surface area contributed by atoms with Crippen LogP contribution in [0.3, 0.4) is 0 Å². The summed E-state index contributed by atoms with van der Waals surface area (Å²) >= 11 is 0. The number of anilines is 2. The number of esters is 1. The average molecular weight is 471 g/mol. The van der Waals surface area contributed by atoms with Crippen molar-refractivity contribution in [2.24, 2.45) is 0 Å². The van der Waals surface area contributed by atoms with Gasteiger partial charge in [0.1, 0.15) is 5.82 Å². The molecule has 3 rings (SSSR count). The molecule has 7 nitrogen and oxygen atoms in total. The quantitative estimate of drug-likeness (QED) is 0.498. The Morgan fingerprint density at radius 1 is 0.970 bits per heavy atom. The Hall–Kier alpha value is -3.72. The van der Waals surface area contributed by atoms with Crippen molar-refractivity contribution < 1.29 is 27.1 Å². The molecule has 3 aromatic carbocycles. The van der Waals surface area contributed by atoms with Crippen LogP contribution in [0.25, 0.3) is 0 Å². The highest BCUT2D eigenvalue weighted by Crippen LogP contribution is 2.22. The summed E-state index contributed by atoms with van der Waals surface area (Å²) in [7, 11) is -3.98. The van der Waals surface area contributed by atoms with Crippen LogP contribution in [0.4, 0.5) is 15.8 Å². The van der Waals surface area contributed by atoms with E-state index < -0.39 is 33.8 Å². The van der Waals surface area contributed by atoms with Crippen molar-refractivity contribution in [2.45, 2.75) is 31.8 Å². The Morgan fingerprint density at radius 3 is 2.30 bits per heavy atom. The van der Waals surface area contributed by atoms with Gasteiger partial charge in [-0.05, 0) is 62.7 Å². The number of benzene rings is 3. The van der Waals surface area contributed by atoms with Crippen LogP contribution in [-0.2, 0) is 19.6 Å². The van der Waals surface area contributed by atoms with E-state index in [-0.39, 0.29) is 16.1 Å². The molecule has 0 radical (unpaired) electrons. The van der Waals surface area contributed by atoms with E-state index in [9.17, 15) is 22.4 Å².